The normalized spacial score (nSPS) is 10.6. The number of aromatic nitrogens is 1. The minimum absolute atomic E-state index is 0.0398. The summed E-state index contributed by atoms with van der Waals surface area (Å²) in [6.07, 6.45) is 0. The van der Waals surface area contributed by atoms with Crippen LogP contribution in [0.5, 0.6) is 5.75 Å². The van der Waals surface area contributed by atoms with E-state index >= 15 is 0 Å². The van der Waals surface area contributed by atoms with Crippen LogP contribution in [-0.4, -0.2) is 17.7 Å². The number of hydrogen-bond donors (Lipinski definition) is 1. The molecule has 26 heavy (non-hydrogen) atoms. The Balaban J connectivity index is 1.51. The van der Waals surface area contributed by atoms with Crippen LogP contribution in [0.25, 0.3) is 11.3 Å². The Bertz CT molecular complexity index is 878. The maximum atomic E-state index is 12.0. The first kappa shape index (κ1) is 17.7. The molecule has 0 aliphatic rings. The third-order valence-corrected chi connectivity index (χ3v) is 3.93. The molecule has 0 spiro atoms. The molecule has 0 aliphatic heterocycles. The van der Waals surface area contributed by atoms with Crippen LogP contribution in [0.2, 0.25) is 0 Å². The van der Waals surface area contributed by atoms with Crippen LogP contribution in [0.4, 0.5) is 0 Å². The Kier molecular flexibility index (Phi) is 5.37. The number of nitrogens with zero attached hydrogens (tertiary/aromatic N) is 1. The summed E-state index contributed by atoms with van der Waals surface area (Å²) in [5.41, 5.74) is 5.13. The number of aryl methyl sites for hydroxylation is 3. The number of amides is 1. The van der Waals surface area contributed by atoms with Gasteiger partial charge in [-0.1, -0.05) is 41.1 Å². The predicted molar refractivity (Wildman–Crippen MR) is 99.9 cm³/mol. The van der Waals surface area contributed by atoms with Gasteiger partial charge in [0.1, 0.15) is 11.4 Å². The van der Waals surface area contributed by atoms with Crippen LogP contribution in [0.1, 0.15) is 22.5 Å². The van der Waals surface area contributed by atoms with Crippen LogP contribution in [-0.2, 0) is 11.3 Å². The Hall–Kier alpha value is -3.08. The minimum atomic E-state index is -0.211. The smallest absolute Gasteiger partial charge is 0.258 e. The molecule has 0 fully saturated rings. The van der Waals surface area contributed by atoms with Crippen molar-refractivity contribution >= 4 is 5.91 Å². The van der Waals surface area contributed by atoms with Gasteiger partial charge in [-0.2, -0.15) is 0 Å². The first-order valence-corrected chi connectivity index (χ1v) is 8.50. The number of carbonyl (C=O) groups excluding carboxylic acids is 1. The van der Waals surface area contributed by atoms with Crippen molar-refractivity contribution in [3.8, 4) is 17.0 Å². The molecule has 0 unspecified atom stereocenters. The van der Waals surface area contributed by atoms with Crippen molar-refractivity contribution in [2.75, 3.05) is 6.61 Å². The standard InChI is InChI=1S/C21H22N2O3/c1-14-4-6-17(7-5-14)20-11-19(26-23-20)12-22-21(24)13-25-18-9-15(2)8-16(3)10-18/h4-11H,12-13H2,1-3H3,(H,22,24). The van der Waals surface area contributed by atoms with E-state index in [1.807, 2.05) is 63.2 Å². The minimum Gasteiger partial charge on any atom is -0.484 e. The van der Waals surface area contributed by atoms with Gasteiger partial charge in [0.05, 0.1) is 6.54 Å². The van der Waals surface area contributed by atoms with Gasteiger partial charge in [-0.15, -0.1) is 0 Å². The summed E-state index contributed by atoms with van der Waals surface area (Å²) >= 11 is 0. The maximum Gasteiger partial charge on any atom is 0.258 e. The van der Waals surface area contributed by atoms with E-state index in [4.69, 9.17) is 9.26 Å². The van der Waals surface area contributed by atoms with E-state index in [0.29, 0.717) is 11.5 Å². The van der Waals surface area contributed by atoms with Crippen molar-refractivity contribution in [3.05, 3.63) is 71.0 Å². The fourth-order valence-electron chi connectivity index (χ4n) is 2.66. The first-order valence-electron chi connectivity index (χ1n) is 8.50. The second-order valence-corrected chi connectivity index (χ2v) is 6.43. The van der Waals surface area contributed by atoms with E-state index < -0.39 is 0 Å². The Labute approximate surface area is 153 Å². The fourth-order valence-corrected chi connectivity index (χ4v) is 2.66. The summed E-state index contributed by atoms with van der Waals surface area (Å²) in [5, 5.41) is 6.82. The number of rotatable bonds is 6. The molecule has 0 aliphatic carbocycles. The molecular weight excluding hydrogens is 328 g/mol. The van der Waals surface area contributed by atoms with Crippen LogP contribution >= 0.6 is 0 Å². The zero-order valence-electron chi connectivity index (χ0n) is 15.2. The fraction of sp³-hybridized carbons (Fsp3) is 0.238. The molecule has 1 heterocycles. The predicted octanol–water partition coefficient (Wildman–Crippen LogP) is 3.96. The van der Waals surface area contributed by atoms with Crippen LogP contribution < -0.4 is 10.1 Å². The number of hydrogen-bond acceptors (Lipinski definition) is 4. The number of ether oxygens (including phenoxy) is 1. The lowest BCUT2D eigenvalue weighted by atomic mass is 10.1. The molecule has 0 bridgehead atoms. The molecule has 1 aromatic heterocycles. The monoisotopic (exact) mass is 350 g/mol. The third kappa shape index (κ3) is 4.72. The highest BCUT2D eigenvalue weighted by atomic mass is 16.5. The molecule has 134 valence electrons. The second-order valence-electron chi connectivity index (χ2n) is 6.43. The third-order valence-electron chi connectivity index (χ3n) is 3.93. The van der Waals surface area contributed by atoms with E-state index in [0.717, 1.165) is 22.4 Å². The summed E-state index contributed by atoms with van der Waals surface area (Å²) in [4.78, 5) is 12.0. The van der Waals surface area contributed by atoms with Gasteiger partial charge in [-0.3, -0.25) is 4.79 Å². The van der Waals surface area contributed by atoms with Gasteiger partial charge in [0, 0.05) is 11.6 Å². The lowest BCUT2D eigenvalue weighted by Gasteiger charge is -2.08. The highest BCUT2D eigenvalue weighted by Gasteiger charge is 2.09. The van der Waals surface area contributed by atoms with E-state index in [1.54, 1.807) is 0 Å². The van der Waals surface area contributed by atoms with Crippen LogP contribution in [0.15, 0.2) is 53.1 Å². The zero-order chi connectivity index (χ0) is 18.5. The van der Waals surface area contributed by atoms with E-state index in [1.165, 1.54) is 5.56 Å². The highest BCUT2D eigenvalue weighted by molar-refractivity contribution is 5.77. The Morgan fingerprint density at radius 3 is 2.38 bits per heavy atom. The molecule has 5 nitrogen and oxygen atoms in total. The van der Waals surface area contributed by atoms with E-state index in [2.05, 4.69) is 16.5 Å². The number of benzene rings is 2. The zero-order valence-corrected chi connectivity index (χ0v) is 15.2. The summed E-state index contributed by atoms with van der Waals surface area (Å²) in [5.74, 6) is 1.08. The molecule has 1 amide bonds. The molecule has 0 saturated carbocycles. The molecule has 0 radical (unpaired) electrons. The second kappa shape index (κ2) is 7.87. The average Bonchev–Trinajstić information content (AvgIpc) is 3.07. The lowest BCUT2D eigenvalue weighted by molar-refractivity contribution is -0.123. The number of nitrogens with one attached hydrogen (secondary N) is 1. The average molecular weight is 350 g/mol. The van der Waals surface area contributed by atoms with Gasteiger partial charge in [-0.05, 0) is 44.0 Å². The summed E-state index contributed by atoms with van der Waals surface area (Å²) in [6.45, 7) is 6.26. The molecular formula is C21H22N2O3. The largest absolute Gasteiger partial charge is 0.484 e. The SMILES string of the molecule is Cc1ccc(-c2cc(CNC(=O)COc3cc(C)cc(C)c3)on2)cc1. The van der Waals surface area contributed by atoms with Crippen molar-refractivity contribution in [1.29, 1.82) is 0 Å². The van der Waals surface area contributed by atoms with Gasteiger partial charge in [0.2, 0.25) is 0 Å². The van der Waals surface area contributed by atoms with Crippen molar-refractivity contribution in [2.45, 2.75) is 27.3 Å². The van der Waals surface area contributed by atoms with Gasteiger partial charge < -0.3 is 14.6 Å². The highest BCUT2D eigenvalue weighted by Crippen LogP contribution is 2.19. The summed E-state index contributed by atoms with van der Waals surface area (Å²) < 4.78 is 10.8. The quantitative estimate of drug-likeness (QED) is 0.731. The molecule has 0 saturated heterocycles. The Morgan fingerprint density at radius 1 is 1.00 bits per heavy atom. The van der Waals surface area contributed by atoms with E-state index in [9.17, 15) is 4.79 Å². The van der Waals surface area contributed by atoms with Crippen molar-refractivity contribution in [2.24, 2.45) is 0 Å². The van der Waals surface area contributed by atoms with Gasteiger partial charge >= 0.3 is 0 Å². The van der Waals surface area contributed by atoms with Crippen LogP contribution in [0.3, 0.4) is 0 Å². The van der Waals surface area contributed by atoms with Gasteiger partial charge in [0.15, 0.2) is 12.4 Å². The van der Waals surface area contributed by atoms with Crippen molar-refractivity contribution in [1.82, 2.24) is 10.5 Å². The maximum absolute atomic E-state index is 12.0. The number of carbonyl (C=O) groups is 1. The summed E-state index contributed by atoms with van der Waals surface area (Å²) in [7, 11) is 0. The Morgan fingerprint density at radius 2 is 1.69 bits per heavy atom. The van der Waals surface area contributed by atoms with Crippen molar-refractivity contribution < 1.29 is 14.1 Å². The van der Waals surface area contributed by atoms with Gasteiger partial charge in [0.25, 0.3) is 5.91 Å². The summed E-state index contributed by atoms with van der Waals surface area (Å²) in [6, 6.07) is 15.7. The molecule has 1 N–H and O–H groups in total. The first-order chi connectivity index (χ1) is 12.5. The molecule has 3 rings (SSSR count). The molecule has 2 aromatic carbocycles. The lowest BCUT2D eigenvalue weighted by Crippen LogP contribution is -2.28. The van der Waals surface area contributed by atoms with Crippen LogP contribution in [0, 0.1) is 20.8 Å². The molecule has 3 aromatic rings. The van der Waals surface area contributed by atoms with E-state index in [-0.39, 0.29) is 19.1 Å². The topological polar surface area (TPSA) is 64.4 Å². The van der Waals surface area contributed by atoms with Gasteiger partial charge in [-0.25, -0.2) is 0 Å². The molecule has 0 atom stereocenters. The molecule has 5 heteroatoms. The van der Waals surface area contributed by atoms with Crippen molar-refractivity contribution in [3.63, 3.8) is 0 Å².